The van der Waals surface area contributed by atoms with E-state index >= 15 is 0 Å². The molecule has 30 heavy (non-hydrogen) atoms. The highest BCUT2D eigenvalue weighted by Gasteiger charge is 2.22. The fraction of sp³-hybridized carbons (Fsp3) is 0.174. The maximum Gasteiger partial charge on any atom is 0.280 e. The third-order valence-corrected chi connectivity index (χ3v) is 6.85. The number of fused-ring (bicyclic) bond motifs is 1. The van der Waals surface area contributed by atoms with Crippen LogP contribution < -0.4 is 5.01 Å². The smallest absolute Gasteiger partial charge is 0.267 e. The van der Waals surface area contributed by atoms with E-state index in [-0.39, 0.29) is 11.3 Å². The van der Waals surface area contributed by atoms with E-state index in [4.69, 9.17) is 0 Å². The highest BCUT2D eigenvalue weighted by molar-refractivity contribution is 9.10. The first-order chi connectivity index (χ1) is 14.3. The lowest BCUT2D eigenvalue weighted by atomic mass is 9.87. The monoisotopic (exact) mass is 497 g/mol. The molecule has 0 fully saturated rings. The molecule has 7 heteroatoms. The van der Waals surface area contributed by atoms with E-state index in [0.717, 1.165) is 19.6 Å². The summed E-state index contributed by atoms with van der Waals surface area (Å²) in [5, 5.41) is 8.42. The van der Waals surface area contributed by atoms with Crippen molar-refractivity contribution in [2.45, 2.75) is 26.2 Å². The summed E-state index contributed by atoms with van der Waals surface area (Å²) >= 11 is 6.50. The minimum absolute atomic E-state index is 0.0268. The number of carbonyl (C=O) groups is 1. The maximum atomic E-state index is 13.4. The van der Waals surface area contributed by atoms with Gasteiger partial charge in [-0.15, -0.1) is 11.3 Å². The topological polar surface area (TPSA) is 45.6 Å². The molecule has 0 atom stereocenters. The van der Waals surface area contributed by atoms with Gasteiger partial charge < -0.3 is 0 Å². The van der Waals surface area contributed by atoms with Gasteiger partial charge in [-0.05, 0) is 52.8 Å². The number of anilines is 1. The Morgan fingerprint density at radius 1 is 1.13 bits per heavy atom. The van der Waals surface area contributed by atoms with E-state index < -0.39 is 0 Å². The van der Waals surface area contributed by atoms with Gasteiger partial charge in [-0.2, -0.15) is 10.1 Å². The van der Waals surface area contributed by atoms with Crippen molar-refractivity contribution in [3.05, 3.63) is 80.5 Å². The van der Waals surface area contributed by atoms with Gasteiger partial charge in [0.2, 0.25) is 5.13 Å². The number of thiophene rings is 1. The molecule has 0 aliphatic rings. The summed E-state index contributed by atoms with van der Waals surface area (Å²) < 4.78 is 1.97. The fourth-order valence-corrected chi connectivity index (χ4v) is 4.93. The fourth-order valence-electron chi connectivity index (χ4n) is 2.88. The van der Waals surface area contributed by atoms with E-state index in [9.17, 15) is 4.79 Å². The van der Waals surface area contributed by atoms with Crippen LogP contribution in [0.1, 0.15) is 41.6 Å². The first-order valence-electron chi connectivity index (χ1n) is 9.40. The summed E-state index contributed by atoms with van der Waals surface area (Å²) in [5.74, 6) is -0.207. The molecule has 2 aromatic heterocycles. The highest BCUT2D eigenvalue weighted by atomic mass is 79.9. The number of hydrogen-bond donors (Lipinski definition) is 0. The molecule has 0 aliphatic heterocycles. The van der Waals surface area contributed by atoms with Crippen molar-refractivity contribution in [2.75, 3.05) is 5.01 Å². The molecule has 1 amide bonds. The second kappa shape index (κ2) is 8.41. The molecular weight excluding hydrogens is 478 g/mol. The molecule has 0 saturated heterocycles. The summed E-state index contributed by atoms with van der Waals surface area (Å²) in [4.78, 5) is 19.0. The van der Waals surface area contributed by atoms with Crippen LogP contribution in [-0.2, 0) is 5.41 Å². The zero-order valence-corrected chi connectivity index (χ0v) is 20.0. The summed E-state index contributed by atoms with van der Waals surface area (Å²) in [7, 11) is 0. The van der Waals surface area contributed by atoms with Gasteiger partial charge in [-0.25, -0.2) is 4.98 Å². The van der Waals surface area contributed by atoms with Gasteiger partial charge in [0, 0.05) is 14.9 Å². The number of hydrogen-bond acceptors (Lipinski definition) is 5. The Balaban J connectivity index is 1.73. The Morgan fingerprint density at radius 3 is 2.57 bits per heavy atom. The third-order valence-electron chi connectivity index (χ3n) is 4.55. The van der Waals surface area contributed by atoms with Gasteiger partial charge in [-0.1, -0.05) is 66.2 Å². The first kappa shape index (κ1) is 20.9. The number of thiazole rings is 1. The Hall–Kier alpha value is -2.35. The molecule has 4 rings (SSSR count). The second-order valence-corrected chi connectivity index (χ2v) is 10.7. The number of rotatable bonds is 4. The zero-order chi connectivity index (χ0) is 21.3. The van der Waals surface area contributed by atoms with Crippen molar-refractivity contribution in [2.24, 2.45) is 5.10 Å². The third kappa shape index (κ3) is 4.53. The summed E-state index contributed by atoms with van der Waals surface area (Å²) in [6.07, 6.45) is 1.70. The van der Waals surface area contributed by atoms with Crippen molar-refractivity contribution >= 4 is 66.1 Å². The Morgan fingerprint density at radius 2 is 1.90 bits per heavy atom. The molecule has 0 saturated carbocycles. The molecular formula is C23H20BrN3OS2. The molecule has 0 spiro atoms. The normalized spacial score (nSPS) is 12.0. The standard InChI is InChI=1S/C23H20BrN3OS2/c1-23(2,3)16-8-6-15(7-9-16)21(28)27(25-14-18-5-4-12-29-18)22-26-19-11-10-17(24)13-20(19)30-22/h4-14H,1-3H3/b25-14+. The SMILES string of the molecule is CC(C)(C)c1ccc(C(=O)N(/N=C/c2cccs2)c2nc3ccc(Br)cc3s2)cc1. The van der Waals surface area contributed by atoms with Crippen LogP contribution in [0.3, 0.4) is 0 Å². The predicted molar refractivity (Wildman–Crippen MR) is 131 cm³/mol. The van der Waals surface area contributed by atoms with Crippen molar-refractivity contribution in [1.29, 1.82) is 0 Å². The van der Waals surface area contributed by atoms with Gasteiger partial charge in [-0.3, -0.25) is 4.79 Å². The molecule has 4 nitrogen and oxygen atoms in total. The highest BCUT2D eigenvalue weighted by Crippen LogP contribution is 2.32. The Kier molecular flexibility index (Phi) is 5.86. The van der Waals surface area contributed by atoms with Crippen molar-refractivity contribution in [3.8, 4) is 0 Å². The Labute approximate surface area is 192 Å². The van der Waals surface area contributed by atoms with E-state index in [1.807, 2.05) is 60.0 Å². The van der Waals surface area contributed by atoms with Crippen LogP contribution in [-0.4, -0.2) is 17.1 Å². The summed E-state index contributed by atoms with van der Waals surface area (Å²) in [6.45, 7) is 6.46. The lowest BCUT2D eigenvalue weighted by molar-refractivity contribution is 0.0988. The molecule has 2 aromatic carbocycles. The van der Waals surface area contributed by atoms with E-state index in [1.54, 1.807) is 17.6 Å². The average Bonchev–Trinajstić information content (AvgIpc) is 3.37. The minimum Gasteiger partial charge on any atom is -0.267 e. The van der Waals surface area contributed by atoms with E-state index in [1.165, 1.54) is 21.9 Å². The molecule has 0 aliphatic carbocycles. The largest absolute Gasteiger partial charge is 0.280 e. The second-order valence-electron chi connectivity index (χ2n) is 7.81. The number of benzene rings is 2. The number of aromatic nitrogens is 1. The van der Waals surface area contributed by atoms with Crippen LogP contribution >= 0.6 is 38.6 Å². The lowest BCUT2D eigenvalue weighted by Crippen LogP contribution is -2.25. The van der Waals surface area contributed by atoms with Crippen LogP contribution in [0.15, 0.2) is 69.6 Å². The minimum atomic E-state index is -0.207. The Bertz CT molecular complexity index is 1210. The van der Waals surface area contributed by atoms with Gasteiger partial charge in [0.25, 0.3) is 5.91 Å². The van der Waals surface area contributed by atoms with E-state index in [0.29, 0.717) is 10.7 Å². The molecule has 0 radical (unpaired) electrons. The van der Waals surface area contributed by atoms with E-state index in [2.05, 4.69) is 46.8 Å². The number of nitrogens with zero attached hydrogens (tertiary/aromatic N) is 3. The maximum absolute atomic E-state index is 13.4. The molecule has 0 unspecified atom stereocenters. The van der Waals surface area contributed by atoms with Crippen molar-refractivity contribution in [3.63, 3.8) is 0 Å². The predicted octanol–water partition coefficient (Wildman–Crippen LogP) is 7.10. The lowest BCUT2D eigenvalue weighted by Gasteiger charge is -2.19. The average molecular weight is 498 g/mol. The van der Waals surface area contributed by atoms with Gasteiger partial charge >= 0.3 is 0 Å². The van der Waals surface area contributed by atoms with Gasteiger partial charge in [0.15, 0.2) is 0 Å². The van der Waals surface area contributed by atoms with Crippen molar-refractivity contribution in [1.82, 2.24) is 4.98 Å². The van der Waals surface area contributed by atoms with Crippen LogP contribution in [0, 0.1) is 0 Å². The van der Waals surface area contributed by atoms with Crippen molar-refractivity contribution < 1.29 is 4.79 Å². The van der Waals surface area contributed by atoms with Crippen LogP contribution in [0.25, 0.3) is 10.2 Å². The molecule has 152 valence electrons. The molecule has 0 bridgehead atoms. The molecule has 4 aromatic rings. The number of halogens is 1. The number of carbonyl (C=O) groups excluding carboxylic acids is 1. The van der Waals surface area contributed by atoms with Crippen LogP contribution in [0.5, 0.6) is 0 Å². The van der Waals surface area contributed by atoms with Gasteiger partial charge in [0.05, 0.1) is 16.4 Å². The number of amides is 1. The van der Waals surface area contributed by atoms with Gasteiger partial charge in [0.1, 0.15) is 0 Å². The summed E-state index contributed by atoms with van der Waals surface area (Å²) in [6, 6.07) is 17.5. The zero-order valence-electron chi connectivity index (χ0n) is 16.8. The van der Waals surface area contributed by atoms with Crippen LogP contribution in [0.4, 0.5) is 5.13 Å². The summed E-state index contributed by atoms with van der Waals surface area (Å²) in [5.41, 5.74) is 2.62. The quantitative estimate of drug-likeness (QED) is 0.223. The molecule has 2 heterocycles. The first-order valence-corrected chi connectivity index (χ1v) is 11.9. The number of hydrazone groups is 1. The van der Waals surface area contributed by atoms with Crippen LogP contribution in [0.2, 0.25) is 0 Å². The molecule has 0 N–H and O–H groups in total.